The molecule has 0 fully saturated rings. The first-order valence-electron chi connectivity index (χ1n) is 4.56. The molecule has 1 amide bonds. The summed E-state index contributed by atoms with van der Waals surface area (Å²) in [6.45, 7) is 3.78. The average Bonchev–Trinajstić information content (AvgIpc) is 2.17. The van der Waals surface area contributed by atoms with Crippen LogP contribution in [-0.2, 0) is 10.3 Å². The van der Waals surface area contributed by atoms with Crippen molar-refractivity contribution in [3.05, 3.63) is 35.4 Å². The summed E-state index contributed by atoms with van der Waals surface area (Å²) in [5.74, 6) is -0.371. The number of benzene rings is 1. The van der Waals surface area contributed by atoms with Crippen LogP contribution in [0.25, 0.3) is 0 Å². The summed E-state index contributed by atoms with van der Waals surface area (Å²) in [6, 6.07) is 7.76. The van der Waals surface area contributed by atoms with Crippen LogP contribution in [0.4, 0.5) is 0 Å². The van der Waals surface area contributed by atoms with Crippen molar-refractivity contribution in [2.75, 3.05) is 7.05 Å². The number of hydrogen-bond donors (Lipinski definition) is 2. The van der Waals surface area contributed by atoms with Crippen molar-refractivity contribution in [3.8, 4) is 0 Å². The monoisotopic (exact) mass is 192 g/mol. The molecule has 0 heterocycles. The topological polar surface area (TPSA) is 55.1 Å². The number of hydrogen-bond acceptors (Lipinski definition) is 2. The molecule has 3 nitrogen and oxygen atoms in total. The number of primary amides is 1. The van der Waals surface area contributed by atoms with Gasteiger partial charge in [-0.1, -0.05) is 29.8 Å². The summed E-state index contributed by atoms with van der Waals surface area (Å²) in [6.07, 6.45) is 0. The maximum Gasteiger partial charge on any atom is 0.242 e. The Bertz CT molecular complexity index is 332. The lowest BCUT2D eigenvalue weighted by atomic mass is 9.91. The van der Waals surface area contributed by atoms with Gasteiger partial charge < -0.3 is 11.1 Å². The van der Waals surface area contributed by atoms with E-state index in [4.69, 9.17) is 5.73 Å². The largest absolute Gasteiger partial charge is 0.368 e. The number of nitrogens with one attached hydrogen (secondary N) is 1. The second-order valence-corrected chi connectivity index (χ2v) is 3.61. The molecule has 1 aromatic rings. The molecule has 1 unspecified atom stereocenters. The highest BCUT2D eigenvalue weighted by atomic mass is 16.1. The summed E-state index contributed by atoms with van der Waals surface area (Å²) in [5, 5.41) is 2.94. The van der Waals surface area contributed by atoms with Gasteiger partial charge in [0.05, 0.1) is 0 Å². The van der Waals surface area contributed by atoms with Crippen molar-refractivity contribution in [2.45, 2.75) is 19.4 Å². The van der Waals surface area contributed by atoms with Crippen molar-refractivity contribution in [1.29, 1.82) is 0 Å². The lowest BCUT2D eigenvalue weighted by Crippen LogP contribution is -2.48. The number of carbonyl (C=O) groups is 1. The Morgan fingerprint density at radius 3 is 2.21 bits per heavy atom. The Morgan fingerprint density at radius 2 is 1.86 bits per heavy atom. The van der Waals surface area contributed by atoms with Crippen LogP contribution in [0.5, 0.6) is 0 Å². The molecule has 1 rings (SSSR count). The molecule has 0 radical (unpaired) electrons. The van der Waals surface area contributed by atoms with Crippen LogP contribution in [0.15, 0.2) is 24.3 Å². The van der Waals surface area contributed by atoms with Gasteiger partial charge in [0.25, 0.3) is 0 Å². The van der Waals surface area contributed by atoms with Gasteiger partial charge in [-0.3, -0.25) is 4.79 Å². The second kappa shape index (κ2) is 3.80. The molecular weight excluding hydrogens is 176 g/mol. The first kappa shape index (κ1) is 10.7. The van der Waals surface area contributed by atoms with E-state index in [2.05, 4.69) is 5.32 Å². The van der Waals surface area contributed by atoms with Crippen LogP contribution >= 0.6 is 0 Å². The van der Waals surface area contributed by atoms with Gasteiger partial charge in [-0.2, -0.15) is 0 Å². The predicted molar refractivity (Wildman–Crippen MR) is 56.8 cm³/mol. The van der Waals surface area contributed by atoms with E-state index in [0.717, 1.165) is 11.1 Å². The van der Waals surface area contributed by atoms with Gasteiger partial charge in [-0.25, -0.2) is 0 Å². The van der Waals surface area contributed by atoms with Crippen LogP contribution in [0, 0.1) is 6.92 Å². The molecule has 1 atom stereocenters. The fourth-order valence-electron chi connectivity index (χ4n) is 1.30. The fraction of sp³-hybridized carbons (Fsp3) is 0.364. The van der Waals surface area contributed by atoms with Crippen molar-refractivity contribution in [1.82, 2.24) is 5.32 Å². The van der Waals surface area contributed by atoms with Crippen LogP contribution in [0.1, 0.15) is 18.1 Å². The van der Waals surface area contributed by atoms with Gasteiger partial charge in [0.15, 0.2) is 0 Å². The lowest BCUT2D eigenvalue weighted by molar-refractivity contribution is -0.123. The molecule has 0 aliphatic carbocycles. The molecular formula is C11H16N2O. The van der Waals surface area contributed by atoms with Gasteiger partial charge >= 0.3 is 0 Å². The summed E-state index contributed by atoms with van der Waals surface area (Å²) in [5.41, 5.74) is 6.62. The molecule has 3 N–H and O–H groups in total. The van der Waals surface area contributed by atoms with Gasteiger partial charge in [-0.05, 0) is 26.5 Å². The summed E-state index contributed by atoms with van der Waals surface area (Å²) in [4.78, 5) is 11.3. The van der Waals surface area contributed by atoms with E-state index >= 15 is 0 Å². The number of likely N-dealkylation sites (N-methyl/N-ethyl adjacent to an activating group) is 1. The molecule has 0 bridgehead atoms. The van der Waals surface area contributed by atoms with Crippen molar-refractivity contribution >= 4 is 5.91 Å². The summed E-state index contributed by atoms with van der Waals surface area (Å²) in [7, 11) is 1.73. The molecule has 0 aliphatic rings. The van der Waals surface area contributed by atoms with E-state index in [-0.39, 0.29) is 5.91 Å². The minimum absolute atomic E-state index is 0.371. The summed E-state index contributed by atoms with van der Waals surface area (Å²) < 4.78 is 0. The number of carbonyl (C=O) groups excluding carboxylic acids is 1. The van der Waals surface area contributed by atoms with Crippen LogP contribution < -0.4 is 11.1 Å². The van der Waals surface area contributed by atoms with Gasteiger partial charge in [-0.15, -0.1) is 0 Å². The number of aryl methyl sites for hydroxylation is 1. The third kappa shape index (κ3) is 1.77. The highest BCUT2D eigenvalue weighted by Gasteiger charge is 2.30. The molecule has 1 aromatic carbocycles. The van der Waals surface area contributed by atoms with Crippen LogP contribution in [0.2, 0.25) is 0 Å². The van der Waals surface area contributed by atoms with Gasteiger partial charge in [0, 0.05) is 0 Å². The van der Waals surface area contributed by atoms with Crippen LogP contribution in [-0.4, -0.2) is 13.0 Å². The minimum atomic E-state index is -0.784. The molecule has 0 saturated carbocycles. The third-order valence-corrected chi connectivity index (χ3v) is 2.62. The standard InChI is InChI=1S/C11H16N2O/c1-8-4-6-9(7-5-8)11(2,13-3)10(12)14/h4-7,13H,1-3H3,(H2,12,14). The van der Waals surface area contributed by atoms with Crippen molar-refractivity contribution in [2.24, 2.45) is 5.73 Å². The average molecular weight is 192 g/mol. The molecule has 0 aromatic heterocycles. The van der Waals surface area contributed by atoms with Crippen molar-refractivity contribution < 1.29 is 4.79 Å². The zero-order chi connectivity index (χ0) is 10.8. The normalized spacial score (nSPS) is 14.8. The van der Waals surface area contributed by atoms with E-state index < -0.39 is 5.54 Å². The Morgan fingerprint density at radius 1 is 1.36 bits per heavy atom. The first-order valence-corrected chi connectivity index (χ1v) is 4.56. The quantitative estimate of drug-likeness (QED) is 0.748. The van der Waals surface area contributed by atoms with Crippen molar-refractivity contribution in [3.63, 3.8) is 0 Å². The van der Waals surface area contributed by atoms with Crippen LogP contribution in [0.3, 0.4) is 0 Å². The minimum Gasteiger partial charge on any atom is -0.368 e. The zero-order valence-corrected chi connectivity index (χ0v) is 8.79. The van der Waals surface area contributed by atoms with E-state index in [1.54, 1.807) is 14.0 Å². The zero-order valence-electron chi connectivity index (χ0n) is 8.79. The van der Waals surface area contributed by atoms with Gasteiger partial charge in [0.1, 0.15) is 5.54 Å². The van der Waals surface area contributed by atoms with E-state index in [1.165, 1.54) is 0 Å². The molecule has 76 valence electrons. The Labute approximate surface area is 84.3 Å². The summed E-state index contributed by atoms with van der Waals surface area (Å²) >= 11 is 0. The SMILES string of the molecule is CNC(C)(C(N)=O)c1ccc(C)cc1. The number of rotatable bonds is 3. The highest BCUT2D eigenvalue weighted by Crippen LogP contribution is 2.19. The Kier molecular flexibility index (Phi) is 2.91. The molecule has 0 spiro atoms. The highest BCUT2D eigenvalue weighted by molar-refractivity contribution is 5.85. The molecule has 14 heavy (non-hydrogen) atoms. The maximum absolute atomic E-state index is 11.3. The molecule has 0 saturated heterocycles. The molecule has 0 aliphatic heterocycles. The number of amides is 1. The Hall–Kier alpha value is -1.35. The van der Waals surface area contributed by atoms with Gasteiger partial charge in [0.2, 0.25) is 5.91 Å². The van der Waals surface area contributed by atoms with E-state index in [0.29, 0.717) is 0 Å². The first-order chi connectivity index (χ1) is 6.50. The van der Waals surface area contributed by atoms with E-state index in [9.17, 15) is 4.79 Å². The fourth-order valence-corrected chi connectivity index (χ4v) is 1.30. The predicted octanol–water partition coefficient (Wildman–Crippen LogP) is 0.915. The third-order valence-electron chi connectivity index (χ3n) is 2.62. The molecule has 3 heteroatoms. The second-order valence-electron chi connectivity index (χ2n) is 3.61. The lowest BCUT2D eigenvalue weighted by Gasteiger charge is -2.26. The number of nitrogens with two attached hydrogens (primary N) is 1. The van der Waals surface area contributed by atoms with E-state index in [1.807, 2.05) is 31.2 Å². The Balaban J connectivity index is 3.13. The maximum atomic E-state index is 11.3. The smallest absolute Gasteiger partial charge is 0.242 e.